The lowest BCUT2D eigenvalue weighted by Gasteiger charge is -2.34. The van der Waals surface area contributed by atoms with Crippen molar-refractivity contribution in [1.29, 1.82) is 0 Å². The third-order valence-electron chi connectivity index (χ3n) is 4.93. The fraction of sp³-hybridized carbons (Fsp3) is 0.300. The van der Waals surface area contributed by atoms with E-state index < -0.39 is 0 Å². The zero-order valence-corrected chi connectivity index (χ0v) is 14.8. The zero-order chi connectivity index (χ0) is 18.1. The SMILES string of the molecule is COc1ccc(-c2noc(CN3CCc4ccc(F)cc4C3C)n2)cc1. The van der Waals surface area contributed by atoms with Gasteiger partial charge < -0.3 is 9.26 Å². The van der Waals surface area contributed by atoms with Gasteiger partial charge in [-0.25, -0.2) is 4.39 Å². The minimum absolute atomic E-state index is 0.103. The molecular formula is C20H20FN3O2. The topological polar surface area (TPSA) is 51.4 Å². The van der Waals surface area contributed by atoms with Gasteiger partial charge >= 0.3 is 0 Å². The fourth-order valence-corrected chi connectivity index (χ4v) is 3.40. The van der Waals surface area contributed by atoms with Crippen molar-refractivity contribution in [1.82, 2.24) is 15.0 Å². The lowest BCUT2D eigenvalue weighted by Crippen LogP contribution is -2.33. The van der Waals surface area contributed by atoms with E-state index in [9.17, 15) is 4.39 Å². The van der Waals surface area contributed by atoms with Crippen molar-refractivity contribution in [2.24, 2.45) is 0 Å². The maximum Gasteiger partial charge on any atom is 0.241 e. The largest absolute Gasteiger partial charge is 0.497 e. The van der Waals surface area contributed by atoms with Crippen molar-refractivity contribution in [2.75, 3.05) is 13.7 Å². The Labute approximate surface area is 151 Å². The van der Waals surface area contributed by atoms with Crippen LogP contribution in [0.1, 0.15) is 30.0 Å². The van der Waals surface area contributed by atoms with E-state index in [1.165, 1.54) is 11.6 Å². The summed E-state index contributed by atoms with van der Waals surface area (Å²) in [5, 5.41) is 4.08. The van der Waals surface area contributed by atoms with E-state index in [0.29, 0.717) is 18.3 Å². The van der Waals surface area contributed by atoms with Crippen LogP contribution in [0.4, 0.5) is 4.39 Å². The van der Waals surface area contributed by atoms with Crippen molar-refractivity contribution in [2.45, 2.75) is 25.9 Å². The smallest absolute Gasteiger partial charge is 0.241 e. The maximum atomic E-state index is 13.6. The molecule has 4 rings (SSSR count). The Morgan fingerprint density at radius 2 is 2.04 bits per heavy atom. The summed E-state index contributed by atoms with van der Waals surface area (Å²) in [4.78, 5) is 6.73. The van der Waals surface area contributed by atoms with Gasteiger partial charge in [0.1, 0.15) is 11.6 Å². The molecule has 1 unspecified atom stereocenters. The molecule has 0 aliphatic carbocycles. The molecule has 3 aromatic rings. The highest BCUT2D eigenvalue weighted by molar-refractivity contribution is 5.55. The molecule has 1 aromatic heterocycles. The summed E-state index contributed by atoms with van der Waals surface area (Å²) in [7, 11) is 1.63. The van der Waals surface area contributed by atoms with Crippen molar-refractivity contribution < 1.29 is 13.7 Å². The fourth-order valence-electron chi connectivity index (χ4n) is 3.40. The molecule has 0 N–H and O–H groups in total. The minimum Gasteiger partial charge on any atom is -0.497 e. The van der Waals surface area contributed by atoms with Gasteiger partial charge in [0, 0.05) is 18.2 Å². The highest BCUT2D eigenvalue weighted by atomic mass is 19.1. The number of benzene rings is 2. The summed E-state index contributed by atoms with van der Waals surface area (Å²) in [6, 6.07) is 12.7. The van der Waals surface area contributed by atoms with Crippen molar-refractivity contribution in [3.8, 4) is 17.1 Å². The molecule has 6 heteroatoms. The quantitative estimate of drug-likeness (QED) is 0.709. The van der Waals surface area contributed by atoms with Crippen molar-refractivity contribution in [3.05, 3.63) is 65.3 Å². The Bertz CT molecular complexity index is 908. The first-order valence-electron chi connectivity index (χ1n) is 8.63. The van der Waals surface area contributed by atoms with Gasteiger partial charge in [-0.3, -0.25) is 4.90 Å². The van der Waals surface area contributed by atoms with E-state index in [2.05, 4.69) is 22.0 Å². The van der Waals surface area contributed by atoms with Crippen LogP contribution in [-0.4, -0.2) is 28.7 Å². The number of rotatable bonds is 4. The van der Waals surface area contributed by atoms with Crippen LogP contribution in [0, 0.1) is 5.82 Å². The molecule has 1 aliphatic heterocycles. The van der Waals surface area contributed by atoms with E-state index in [1.54, 1.807) is 13.2 Å². The van der Waals surface area contributed by atoms with Crippen LogP contribution in [0.3, 0.4) is 0 Å². The molecule has 1 aliphatic rings. The van der Waals surface area contributed by atoms with Crippen LogP contribution in [0.5, 0.6) is 5.75 Å². The van der Waals surface area contributed by atoms with Gasteiger partial charge in [0.05, 0.1) is 13.7 Å². The molecule has 2 heterocycles. The van der Waals surface area contributed by atoms with Crippen molar-refractivity contribution in [3.63, 3.8) is 0 Å². The summed E-state index contributed by atoms with van der Waals surface area (Å²) >= 11 is 0. The van der Waals surface area contributed by atoms with E-state index in [-0.39, 0.29) is 11.9 Å². The highest BCUT2D eigenvalue weighted by Crippen LogP contribution is 2.31. The second kappa shape index (κ2) is 6.88. The van der Waals surface area contributed by atoms with Gasteiger partial charge in [-0.2, -0.15) is 4.98 Å². The minimum atomic E-state index is -0.197. The second-order valence-electron chi connectivity index (χ2n) is 6.48. The summed E-state index contributed by atoms with van der Waals surface area (Å²) in [6.07, 6.45) is 0.888. The van der Waals surface area contributed by atoms with Crippen LogP contribution in [0.15, 0.2) is 47.0 Å². The first kappa shape index (κ1) is 16.7. The molecule has 26 heavy (non-hydrogen) atoms. The Morgan fingerprint density at radius 3 is 2.81 bits per heavy atom. The first-order valence-corrected chi connectivity index (χ1v) is 8.63. The first-order chi connectivity index (χ1) is 12.6. The molecule has 2 aromatic carbocycles. The average Bonchev–Trinajstić information content (AvgIpc) is 3.13. The van der Waals surface area contributed by atoms with E-state index in [0.717, 1.165) is 29.8 Å². The molecule has 5 nitrogen and oxygen atoms in total. The molecular weight excluding hydrogens is 333 g/mol. The molecule has 0 saturated carbocycles. The van der Waals surface area contributed by atoms with Crippen LogP contribution >= 0.6 is 0 Å². The Hall–Kier alpha value is -2.73. The monoisotopic (exact) mass is 353 g/mol. The number of methoxy groups -OCH3 is 1. The van der Waals surface area contributed by atoms with Gasteiger partial charge in [0.15, 0.2) is 0 Å². The van der Waals surface area contributed by atoms with Gasteiger partial charge in [-0.05, 0) is 60.9 Å². The average molecular weight is 353 g/mol. The van der Waals surface area contributed by atoms with Gasteiger partial charge in [0.2, 0.25) is 11.7 Å². The standard InChI is InChI=1S/C20H20FN3O2/c1-13-18-11-16(21)6-3-14(18)9-10-24(13)12-19-22-20(23-26-19)15-4-7-17(25-2)8-5-15/h3-8,11,13H,9-10,12H2,1-2H3. The van der Waals surface area contributed by atoms with Crippen LogP contribution in [-0.2, 0) is 13.0 Å². The predicted octanol–water partition coefficient (Wildman–Crippen LogP) is 4.00. The van der Waals surface area contributed by atoms with E-state index >= 15 is 0 Å². The van der Waals surface area contributed by atoms with Gasteiger partial charge in [-0.1, -0.05) is 11.2 Å². The number of hydrogen-bond acceptors (Lipinski definition) is 5. The summed E-state index contributed by atoms with van der Waals surface area (Å²) in [6.45, 7) is 3.50. The Morgan fingerprint density at radius 1 is 1.23 bits per heavy atom. The number of ether oxygens (including phenoxy) is 1. The normalized spacial score (nSPS) is 17.1. The molecule has 0 radical (unpaired) electrons. The molecule has 0 spiro atoms. The molecule has 0 bridgehead atoms. The Balaban J connectivity index is 1.50. The zero-order valence-electron chi connectivity index (χ0n) is 14.8. The highest BCUT2D eigenvalue weighted by Gasteiger charge is 2.26. The molecule has 134 valence electrons. The number of aromatic nitrogens is 2. The molecule has 1 atom stereocenters. The molecule has 0 fully saturated rings. The predicted molar refractivity (Wildman–Crippen MR) is 95.2 cm³/mol. The Kier molecular flexibility index (Phi) is 4.42. The molecule has 0 amide bonds. The summed E-state index contributed by atoms with van der Waals surface area (Å²) < 4.78 is 24.2. The number of halogens is 1. The summed E-state index contributed by atoms with van der Waals surface area (Å²) in [5.41, 5.74) is 3.12. The van der Waals surface area contributed by atoms with Gasteiger partial charge in [0.25, 0.3) is 0 Å². The number of fused-ring (bicyclic) bond motifs is 1. The van der Waals surface area contributed by atoms with Crippen LogP contribution in [0.2, 0.25) is 0 Å². The lowest BCUT2D eigenvalue weighted by molar-refractivity contribution is 0.165. The number of nitrogens with zero attached hydrogens (tertiary/aromatic N) is 3. The third kappa shape index (κ3) is 3.20. The van der Waals surface area contributed by atoms with Crippen molar-refractivity contribution >= 4 is 0 Å². The van der Waals surface area contributed by atoms with E-state index in [1.807, 2.05) is 30.3 Å². The summed E-state index contributed by atoms with van der Waals surface area (Å²) in [5.74, 6) is 1.70. The van der Waals surface area contributed by atoms with Crippen LogP contribution in [0.25, 0.3) is 11.4 Å². The molecule has 0 saturated heterocycles. The van der Waals surface area contributed by atoms with Gasteiger partial charge in [-0.15, -0.1) is 0 Å². The lowest BCUT2D eigenvalue weighted by atomic mass is 9.93. The number of hydrogen-bond donors (Lipinski definition) is 0. The van der Waals surface area contributed by atoms with Crippen LogP contribution < -0.4 is 4.74 Å². The second-order valence-corrected chi connectivity index (χ2v) is 6.48. The third-order valence-corrected chi connectivity index (χ3v) is 4.93. The maximum absolute atomic E-state index is 13.6. The van der Waals surface area contributed by atoms with E-state index in [4.69, 9.17) is 9.26 Å².